The second kappa shape index (κ2) is 10.3. The fraction of sp³-hybridized carbons (Fsp3) is 0.172. The number of hydrogen-bond donors (Lipinski definition) is 2. The molecular formula is C29H23F3N8O2. The van der Waals surface area contributed by atoms with Gasteiger partial charge in [-0.15, -0.1) is 0 Å². The summed E-state index contributed by atoms with van der Waals surface area (Å²) in [6.07, 6.45) is 1.34. The van der Waals surface area contributed by atoms with Gasteiger partial charge in [-0.25, -0.2) is 9.97 Å². The third kappa shape index (κ3) is 4.78. The summed E-state index contributed by atoms with van der Waals surface area (Å²) < 4.78 is 47.1. The second-order valence-corrected chi connectivity index (χ2v) is 9.58. The number of amides is 1. The number of carbonyl (C=O) groups is 1. The number of primary amides is 1. The molecule has 5 heterocycles. The molecule has 4 aromatic rings. The summed E-state index contributed by atoms with van der Waals surface area (Å²) in [5.41, 5.74) is 7.30. The summed E-state index contributed by atoms with van der Waals surface area (Å²) in [5.74, 6) is 1.06. The van der Waals surface area contributed by atoms with Gasteiger partial charge in [0.2, 0.25) is 11.8 Å². The molecule has 0 saturated heterocycles. The monoisotopic (exact) mass is 572 g/mol. The highest BCUT2D eigenvalue weighted by Crippen LogP contribution is 2.41. The Hall–Kier alpha value is -5.33. The molecular weight excluding hydrogens is 549 g/mol. The fourth-order valence-corrected chi connectivity index (χ4v) is 5.01. The van der Waals surface area contributed by atoms with Crippen molar-refractivity contribution < 1.29 is 22.7 Å². The van der Waals surface area contributed by atoms with Gasteiger partial charge in [0, 0.05) is 41.7 Å². The SMILES string of the molecule is COc1ccc(Nc2ncc3c(n2)N2CCN=C2C(c2cc(-c4c(C(F)(F)F)ccnc4C(N)=O)ccc2C)=C3)cn1. The number of fused-ring (bicyclic) bond motifs is 3. The zero-order valence-corrected chi connectivity index (χ0v) is 22.4. The molecule has 0 spiro atoms. The predicted molar refractivity (Wildman–Crippen MR) is 152 cm³/mol. The van der Waals surface area contributed by atoms with Gasteiger partial charge in [-0.2, -0.15) is 18.2 Å². The number of nitrogens with two attached hydrogens (primary N) is 1. The lowest BCUT2D eigenvalue weighted by Crippen LogP contribution is -2.32. The molecule has 2 aliphatic heterocycles. The topological polar surface area (TPSA) is 132 Å². The van der Waals surface area contributed by atoms with Crippen LogP contribution in [-0.2, 0) is 6.18 Å². The summed E-state index contributed by atoms with van der Waals surface area (Å²) in [4.78, 5) is 36.0. The summed E-state index contributed by atoms with van der Waals surface area (Å²) in [6.45, 7) is 2.92. The van der Waals surface area contributed by atoms with Gasteiger partial charge >= 0.3 is 6.18 Å². The molecule has 0 aliphatic carbocycles. The summed E-state index contributed by atoms with van der Waals surface area (Å²) in [7, 11) is 1.54. The Labute approximate surface area is 237 Å². The minimum Gasteiger partial charge on any atom is -0.481 e. The maximum Gasteiger partial charge on any atom is 0.417 e. The number of carbonyl (C=O) groups excluding carboxylic acids is 1. The second-order valence-electron chi connectivity index (χ2n) is 9.58. The molecule has 0 fully saturated rings. The minimum absolute atomic E-state index is 0.158. The quantitative estimate of drug-likeness (QED) is 0.334. The van der Waals surface area contributed by atoms with Gasteiger partial charge in [0.05, 0.1) is 31.1 Å². The molecule has 212 valence electrons. The van der Waals surface area contributed by atoms with Gasteiger partial charge in [0.15, 0.2) is 0 Å². The van der Waals surface area contributed by atoms with Gasteiger partial charge < -0.3 is 20.7 Å². The summed E-state index contributed by atoms with van der Waals surface area (Å²) in [5, 5.41) is 3.13. The van der Waals surface area contributed by atoms with E-state index in [1.54, 1.807) is 36.7 Å². The van der Waals surface area contributed by atoms with E-state index in [-0.39, 0.29) is 11.1 Å². The largest absolute Gasteiger partial charge is 0.481 e. The number of aryl methyl sites for hydroxylation is 1. The Morgan fingerprint density at radius 3 is 2.64 bits per heavy atom. The van der Waals surface area contributed by atoms with Crippen LogP contribution in [0.25, 0.3) is 22.8 Å². The Bertz CT molecular complexity index is 1790. The highest BCUT2D eigenvalue weighted by atomic mass is 19.4. The zero-order valence-electron chi connectivity index (χ0n) is 22.4. The number of halogens is 3. The number of nitrogens with one attached hydrogen (secondary N) is 1. The molecule has 42 heavy (non-hydrogen) atoms. The fourth-order valence-electron chi connectivity index (χ4n) is 5.01. The van der Waals surface area contributed by atoms with Crippen LogP contribution in [0.3, 0.4) is 0 Å². The van der Waals surface area contributed by atoms with E-state index in [1.807, 2.05) is 17.9 Å². The van der Waals surface area contributed by atoms with E-state index in [1.165, 1.54) is 13.2 Å². The third-order valence-corrected chi connectivity index (χ3v) is 6.94. The van der Waals surface area contributed by atoms with Crippen molar-refractivity contribution in [3.8, 4) is 17.0 Å². The first-order valence-electron chi connectivity index (χ1n) is 12.8. The highest BCUT2D eigenvalue weighted by molar-refractivity contribution is 6.36. The number of methoxy groups -OCH3 is 1. The molecule has 6 rings (SSSR count). The Morgan fingerprint density at radius 1 is 1.10 bits per heavy atom. The number of ether oxygens (including phenoxy) is 1. The molecule has 1 aromatic carbocycles. The predicted octanol–water partition coefficient (Wildman–Crippen LogP) is 4.88. The molecule has 0 saturated carbocycles. The van der Waals surface area contributed by atoms with Crippen LogP contribution in [0.15, 0.2) is 60.0 Å². The number of benzene rings is 1. The molecule has 13 heteroatoms. The van der Waals surface area contributed by atoms with Crippen LogP contribution in [0.4, 0.5) is 30.6 Å². The van der Waals surface area contributed by atoms with Crippen LogP contribution in [-0.4, -0.2) is 51.9 Å². The molecule has 0 bridgehead atoms. The van der Waals surface area contributed by atoms with E-state index >= 15 is 0 Å². The zero-order chi connectivity index (χ0) is 29.6. The average molecular weight is 573 g/mol. The Balaban J connectivity index is 1.43. The number of nitrogens with zero attached hydrogens (tertiary/aromatic N) is 6. The summed E-state index contributed by atoms with van der Waals surface area (Å²) in [6, 6.07) is 9.18. The first-order valence-corrected chi connectivity index (χ1v) is 12.8. The molecule has 3 aromatic heterocycles. The van der Waals surface area contributed by atoms with Gasteiger partial charge in [-0.3, -0.25) is 14.8 Å². The number of anilines is 3. The van der Waals surface area contributed by atoms with Crippen LogP contribution in [0.1, 0.15) is 32.7 Å². The smallest absolute Gasteiger partial charge is 0.417 e. The number of rotatable bonds is 6. The van der Waals surface area contributed by atoms with Gasteiger partial charge in [0.1, 0.15) is 17.3 Å². The maximum absolute atomic E-state index is 14.0. The number of amidine groups is 1. The first-order chi connectivity index (χ1) is 20.1. The molecule has 0 radical (unpaired) electrons. The molecule has 10 nitrogen and oxygen atoms in total. The van der Waals surface area contributed by atoms with Crippen LogP contribution >= 0.6 is 0 Å². The molecule has 2 aliphatic rings. The van der Waals surface area contributed by atoms with E-state index in [0.717, 1.165) is 17.8 Å². The molecule has 1 amide bonds. The number of pyridine rings is 2. The van der Waals surface area contributed by atoms with Gasteiger partial charge in [-0.05, 0) is 47.9 Å². The van der Waals surface area contributed by atoms with E-state index in [2.05, 4.69) is 20.3 Å². The molecule has 3 N–H and O–H groups in total. The van der Waals surface area contributed by atoms with Crippen molar-refractivity contribution in [1.29, 1.82) is 0 Å². The normalized spacial score (nSPS) is 14.1. The number of alkyl halides is 3. The van der Waals surface area contributed by atoms with Crippen LogP contribution in [0, 0.1) is 6.92 Å². The van der Waals surface area contributed by atoms with E-state index in [4.69, 9.17) is 20.4 Å². The van der Waals surface area contributed by atoms with Gasteiger partial charge in [0.25, 0.3) is 5.91 Å². The van der Waals surface area contributed by atoms with Crippen molar-refractivity contribution in [2.45, 2.75) is 13.1 Å². The molecule has 0 atom stereocenters. The number of hydrogen-bond acceptors (Lipinski definition) is 9. The average Bonchev–Trinajstić information content (AvgIpc) is 3.47. The third-order valence-electron chi connectivity index (χ3n) is 6.94. The van der Waals surface area contributed by atoms with Crippen LogP contribution in [0.5, 0.6) is 5.88 Å². The van der Waals surface area contributed by atoms with E-state index in [9.17, 15) is 18.0 Å². The molecule has 0 unspecified atom stereocenters. The van der Waals surface area contributed by atoms with Crippen molar-refractivity contribution >= 4 is 40.8 Å². The lowest BCUT2D eigenvalue weighted by atomic mass is 9.90. The maximum atomic E-state index is 14.0. The number of aromatic nitrogens is 4. The highest BCUT2D eigenvalue weighted by Gasteiger charge is 2.37. The van der Waals surface area contributed by atoms with E-state index < -0.39 is 23.3 Å². The van der Waals surface area contributed by atoms with E-state index in [0.29, 0.717) is 59.0 Å². The first kappa shape index (κ1) is 26.9. The Morgan fingerprint density at radius 2 is 1.93 bits per heavy atom. The lowest BCUT2D eigenvalue weighted by Gasteiger charge is -2.28. The van der Waals surface area contributed by atoms with Crippen molar-refractivity contribution in [3.63, 3.8) is 0 Å². The standard InChI is InChI=1S/C29H23F3N8O2/c1-15-3-4-16(23-21(29(30,31)32)7-8-34-24(23)25(33)41)11-19(15)20-12-17-13-37-28(38-18-5-6-22(42-2)36-14-18)39-26(17)40-10-9-35-27(20)40/h3-8,11-14H,9-10H2,1-2H3,(H2,33,41)(H,37,38,39). The summed E-state index contributed by atoms with van der Waals surface area (Å²) >= 11 is 0. The van der Waals surface area contributed by atoms with Crippen LogP contribution in [0.2, 0.25) is 0 Å². The van der Waals surface area contributed by atoms with Crippen molar-refractivity contribution in [2.75, 3.05) is 30.4 Å². The van der Waals surface area contributed by atoms with Crippen molar-refractivity contribution in [3.05, 3.63) is 82.9 Å². The van der Waals surface area contributed by atoms with Crippen LogP contribution < -0.4 is 20.7 Å². The number of aliphatic imine (C=N–C) groups is 1. The van der Waals surface area contributed by atoms with Crippen molar-refractivity contribution in [2.24, 2.45) is 10.7 Å². The lowest BCUT2D eigenvalue weighted by molar-refractivity contribution is -0.137. The van der Waals surface area contributed by atoms with Gasteiger partial charge in [-0.1, -0.05) is 12.1 Å². The minimum atomic E-state index is -4.73. The Kier molecular flexibility index (Phi) is 6.56. The van der Waals surface area contributed by atoms with Crippen molar-refractivity contribution in [1.82, 2.24) is 19.9 Å².